The van der Waals surface area contributed by atoms with Crippen molar-refractivity contribution < 1.29 is 42.6 Å². The number of hydrogen-bond donors (Lipinski definition) is 3. The minimum Gasteiger partial charge on any atom is -0.494 e. The first-order valence-electron chi connectivity index (χ1n) is 26.3. The van der Waals surface area contributed by atoms with Crippen LogP contribution in [0, 0.1) is 5.82 Å². The molecule has 0 aliphatic carbocycles. The zero-order valence-electron chi connectivity index (χ0n) is 44.9. The van der Waals surface area contributed by atoms with Crippen LogP contribution in [0.3, 0.4) is 0 Å². The molecule has 1 unspecified atom stereocenters. The van der Waals surface area contributed by atoms with Crippen molar-refractivity contribution >= 4 is 83.5 Å². The van der Waals surface area contributed by atoms with Gasteiger partial charge in [0.2, 0.25) is 17.7 Å². The second-order valence-corrected chi connectivity index (χ2v) is 25.3. The number of anilines is 1. The average molecular weight is 1150 g/mol. The van der Waals surface area contributed by atoms with Crippen molar-refractivity contribution in [3.8, 4) is 17.1 Å². The van der Waals surface area contributed by atoms with Gasteiger partial charge in [-0.3, -0.25) is 24.1 Å². The Bertz CT molecular complexity index is 3210. The average Bonchev–Trinajstić information content (AvgIpc) is 4.11. The molecule has 0 saturated carbocycles. The van der Waals surface area contributed by atoms with Crippen LogP contribution in [-0.4, -0.2) is 134 Å². The standard InChI is InChI=1S/C57H64FN9O8S4/c1-6-57(73)44-30-47-53-42(33-66(47)55(71)43(44)35-75-56(57)72)41(40-29-48(74-5)45(58)31-46(40)63-53)32-64-23-19-39(20-24-64)67(3,4)34-37-13-15-38(16-14-37)62-54(70)36(2)61-49(68)17-18-52(69)65(25-27-76-78-50-11-7-9-21-59-50)26-28-77-79-51-12-8-10-22-60-51/h7-16,21-22,29-31,36,39,73H,6,17-20,23-28,32-35H2,1-5H3,(H-,61,62,68,70)/p+1/t36?,57-/m0/s1. The van der Waals surface area contributed by atoms with Crippen molar-refractivity contribution in [2.75, 3.05) is 64.2 Å². The maximum Gasteiger partial charge on any atom is 0.343 e. The summed E-state index contributed by atoms with van der Waals surface area (Å²) in [7, 11) is 12.2. The van der Waals surface area contributed by atoms with Gasteiger partial charge in [0.05, 0.1) is 56.3 Å². The number of benzene rings is 2. The number of rotatable bonds is 23. The Labute approximate surface area is 474 Å². The molecule has 4 aromatic heterocycles. The number of quaternary nitrogens is 1. The number of carbonyl (C=O) groups is 4. The number of aromatic nitrogens is 4. The van der Waals surface area contributed by atoms with Crippen molar-refractivity contribution in [2.24, 2.45) is 0 Å². The highest BCUT2D eigenvalue weighted by Crippen LogP contribution is 2.42. The molecule has 3 N–H and O–H groups in total. The van der Waals surface area contributed by atoms with E-state index < -0.39 is 23.4 Å². The van der Waals surface area contributed by atoms with E-state index in [0.29, 0.717) is 59.8 Å². The lowest BCUT2D eigenvalue weighted by Crippen LogP contribution is -2.53. The lowest BCUT2D eigenvalue weighted by Gasteiger charge is -2.43. The van der Waals surface area contributed by atoms with E-state index in [4.69, 9.17) is 14.5 Å². The highest BCUT2D eigenvalue weighted by Gasteiger charge is 2.46. The van der Waals surface area contributed by atoms with Crippen molar-refractivity contribution in [3.63, 3.8) is 0 Å². The number of nitrogens with zero attached hydrogens (tertiary/aromatic N) is 7. The van der Waals surface area contributed by atoms with Crippen LogP contribution >= 0.6 is 43.2 Å². The summed E-state index contributed by atoms with van der Waals surface area (Å²) in [5.41, 5.74) is 2.97. The first kappa shape index (κ1) is 57.7. The molecule has 416 valence electrons. The molecule has 0 radical (unpaired) electrons. The number of aliphatic hydroxyl groups is 1. The number of fused-ring (bicyclic) bond motifs is 5. The minimum absolute atomic E-state index is 0.0207. The number of carbonyl (C=O) groups excluding carboxylic acids is 4. The van der Waals surface area contributed by atoms with Crippen molar-refractivity contribution in [2.45, 2.75) is 99.9 Å². The topological polar surface area (TPSA) is 198 Å². The van der Waals surface area contributed by atoms with Crippen LogP contribution in [0.2, 0.25) is 0 Å². The molecule has 0 spiro atoms. The quantitative estimate of drug-likeness (QED) is 0.0240. The number of nitrogens with one attached hydrogen (secondary N) is 2. The third-order valence-corrected chi connectivity index (χ3v) is 19.5. The van der Waals surface area contributed by atoms with Gasteiger partial charge in [0.15, 0.2) is 17.2 Å². The number of hydrogen-bond acceptors (Lipinski definition) is 16. The number of methoxy groups -OCH3 is 1. The molecular formula is C57H65FN9O8S4+. The van der Waals surface area contributed by atoms with Gasteiger partial charge in [0, 0.05) is 116 Å². The second-order valence-electron chi connectivity index (χ2n) is 20.5. The highest BCUT2D eigenvalue weighted by molar-refractivity contribution is 8.77. The van der Waals surface area contributed by atoms with E-state index in [1.165, 1.54) is 13.2 Å². The van der Waals surface area contributed by atoms with Gasteiger partial charge in [0.25, 0.3) is 5.56 Å². The van der Waals surface area contributed by atoms with E-state index in [9.17, 15) is 29.1 Å². The molecule has 1 fully saturated rings. The van der Waals surface area contributed by atoms with E-state index in [0.717, 1.165) is 69.1 Å². The Morgan fingerprint density at radius 2 is 1.61 bits per heavy atom. The van der Waals surface area contributed by atoms with Crippen molar-refractivity contribution in [1.29, 1.82) is 0 Å². The van der Waals surface area contributed by atoms with Gasteiger partial charge in [0.1, 0.15) is 29.2 Å². The van der Waals surface area contributed by atoms with Gasteiger partial charge in [-0.05, 0) is 89.0 Å². The molecule has 3 amide bonds. The van der Waals surface area contributed by atoms with E-state index >= 15 is 4.39 Å². The van der Waals surface area contributed by atoms with Crippen molar-refractivity contribution in [3.05, 3.63) is 135 Å². The number of pyridine rings is 4. The van der Waals surface area contributed by atoms with Gasteiger partial charge in [-0.15, -0.1) is 0 Å². The first-order valence-corrected chi connectivity index (χ1v) is 31.0. The van der Waals surface area contributed by atoms with Gasteiger partial charge in [-0.2, -0.15) is 0 Å². The molecule has 2 aromatic carbocycles. The molecule has 22 heteroatoms. The molecule has 3 aliphatic rings. The number of cyclic esters (lactones) is 1. The molecule has 6 aromatic rings. The Kier molecular flexibility index (Phi) is 18.7. The Balaban J connectivity index is 0.765. The summed E-state index contributed by atoms with van der Waals surface area (Å²) < 4.78 is 28.3. The van der Waals surface area contributed by atoms with E-state index in [2.05, 4.69) is 39.6 Å². The number of piperidine rings is 1. The van der Waals surface area contributed by atoms with Crippen LogP contribution in [0.4, 0.5) is 10.1 Å². The summed E-state index contributed by atoms with van der Waals surface area (Å²) >= 11 is 0. The number of esters is 1. The van der Waals surface area contributed by atoms with Crippen LogP contribution in [0.5, 0.6) is 5.75 Å². The lowest BCUT2D eigenvalue weighted by molar-refractivity contribution is -0.929. The zero-order chi connectivity index (χ0) is 55.8. The van der Waals surface area contributed by atoms with Gasteiger partial charge in [-0.25, -0.2) is 24.1 Å². The summed E-state index contributed by atoms with van der Waals surface area (Å²) in [6.07, 6.45) is 5.32. The maximum absolute atomic E-state index is 15.3. The molecule has 0 bridgehead atoms. The molecule has 3 aliphatic heterocycles. The first-order chi connectivity index (χ1) is 38.0. The zero-order valence-corrected chi connectivity index (χ0v) is 48.1. The number of ether oxygens (including phenoxy) is 2. The Morgan fingerprint density at radius 1 is 0.937 bits per heavy atom. The third kappa shape index (κ3) is 13.4. The molecule has 9 rings (SSSR count). The largest absolute Gasteiger partial charge is 0.494 e. The van der Waals surface area contributed by atoms with Crippen LogP contribution in [-0.2, 0) is 55.8 Å². The van der Waals surface area contributed by atoms with E-state index in [1.54, 1.807) is 91.0 Å². The molecule has 79 heavy (non-hydrogen) atoms. The molecular weight excluding hydrogens is 1090 g/mol. The van der Waals surface area contributed by atoms with Gasteiger partial charge >= 0.3 is 5.97 Å². The lowest BCUT2D eigenvalue weighted by atomic mass is 9.86. The highest BCUT2D eigenvalue weighted by atomic mass is 33.1. The monoisotopic (exact) mass is 1150 g/mol. The molecule has 1 saturated heterocycles. The van der Waals surface area contributed by atoms with Crippen molar-refractivity contribution in [1.82, 2.24) is 34.6 Å². The fourth-order valence-corrected chi connectivity index (χ4v) is 14.2. The molecule has 2 atom stereocenters. The predicted octanol–water partition coefficient (Wildman–Crippen LogP) is 8.19. The SMILES string of the molecule is CC[C@@]1(O)C(=O)OCc2c1cc1n(c2=O)Cc2c-1nc1cc(F)c(OC)cc1c2CN1CCC([N+](C)(C)Cc2ccc(NC(=O)C(C)NC(=O)CCC(=O)N(CCSSc3ccccn3)CCSSc3ccccn3)cc2)CC1. The summed E-state index contributed by atoms with van der Waals surface area (Å²) in [6, 6.07) is 23.5. The normalized spacial score (nSPS) is 16.6. The summed E-state index contributed by atoms with van der Waals surface area (Å²) in [4.78, 5) is 84.5. The minimum atomic E-state index is -1.97. The molecule has 17 nitrogen and oxygen atoms in total. The molecule has 7 heterocycles. The van der Waals surface area contributed by atoms with Crippen LogP contribution in [0.15, 0.2) is 106 Å². The summed E-state index contributed by atoms with van der Waals surface area (Å²) in [5.74, 6) is -0.759. The van der Waals surface area contributed by atoms with Crippen LogP contribution in [0.25, 0.3) is 22.3 Å². The number of halogens is 1. The van der Waals surface area contributed by atoms with E-state index in [1.807, 2.05) is 60.7 Å². The van der Waals surface area contributed by atoms with Gasteiger partial charge in [-0.1, -0.05) is 52.8 Å². The van der Waals surface area contributed by atoms with E-state index in [-0.39, 0.29) is 72.6 Å². The predicted molar refractivity (Wildman–Crippen MR) is 309 cm³/mol. The van der Waals surface area contributed by atoms with Gasteiger partial charge < -0.3 is 39.2 Å². The third-order valence-electron chi connectivity index (χ3n) is 15.0. The Hall–Kier alpha value is -6.01. The summed E-state index contributed by atoms with van der Waals surface area (Å²) in [6.45, 7) is 7.17. The second kappa shape index (κ2) is 25.6. The number of likely N-dealkylation sites (tertiary alicyclic amines) is 1. The fraction of sp³-hybridized carbons (Fsp3) is 0.404. The smallest absolute Gasteiger partial charge is 0.343 e. The summed E-state index contributed by atoms with van der Waals surface area (Å²) in [5, 5.41) is 19.6. The maximum atomic E-state index is 15.3. The Morgan fingerprint density at radius 3 is 2.23 bits per heavy atom. The van der Waals surface area contributed by atoms with Crippen LogP contribution < -0.4 is 20.9 Å². The van der Waals surface area contributed by atoms with Crippen LogP contribution in [0.1, 0.15) is 73.8 Å². The fourth-order valence-electron chi connectivity index (χ4n) is 10.5. The number of amides is 3.